The Morgan fingerprint density at radius 1 is 1.43 bits per heavy atom. The Labute approximate surface area is 133 Å². The molecule has 1 aromatic carbocycles. The zero-order chi connectivity index (χ0) is 15.6. The Morgan fingerprint density at radius 3 is 2.71 bits per heavy atom. The van der Waals surface area contributed by atoms with Crippen LogP contribution in [0.5, 0.6) is 0 Å². The summed E-state index contributed by atoms with van der Waals surface area (Å²) < 4.78 is 1.50. The van der Waals surface area contributed by atoms with Crippen molar-refractivity contribution >= 4 is 27.5 Å². The first kappa shape index (κ1) is 15.5. The number of H-pyrrole nitrogens is 1. The van der Waals surface area contributed by atoms with Gasteiger partial charge in [-0.15, -0.1) is 0 Å². The van der Waals surface area contributed by atoms with Crippen molar-refractivity contribution < 1.29 is 0 Å². The molecule has 2 rings (SSSR count). The summed E-state index contributed by atoms with van der Waals surface area (Å²) in [6.07, 6.45) is 1.21. The highest BCUT2D eigenvalue weighted by atomic mass is 79.9. The Hall–Kier alpha value is -1.84. The van der Waals surface area contributed by atoms with Crippen LogP contribution in [0, 0.1) is 11.3 Å². The molecule has 108 valence electrons. The molecule has 0 aliphatic rings. The number of hydrogen-bond acceptors (Lipinski definition) is 3. The summed E-state index contributed by atoms with van der Waals surface area (Å²) in [4.78, 5) is 27.0. The fraction of sp³-hybridized carbons (Fsp3) is 0.214. The van der Waals surface area contributed by atoms with E-state index in [-0.39, 0.29) is 5.15 Å². The van der Waals surface area contributed by atoms with E-state index in [0.29, 0.717) is 27.7 Å². The quantitative estimate of drug-likeness (QED) is 0.846. The molecule has 2 aromatic rings. The summed E-state index contributed by atoms with van der Waals surface area (Å²) in [5.74, 6) is 0. The summed E-state index contributed by atoms with van der Waals surface area (Å²) in [5, 5.41) is 8.94. The minimum absolute atomic E-state index is 0.0767. The van der Waals surface area contributed by atoms with Crippen LogP contribution in [-0.4, -0.2) is 9.55 Å². The largest absolute Gasteiger partial charge is 0.334 e. The molecule has 1 N–H and O–H groups in total. The van der Waals surface area contributed by atoms with Crippen LogP contribution in [0.15, 0.2) is 32.3 Å². The lowest BCUT2D eigenvalue weighted by Gasteiger charge is -2.10. The van der Waals surface area contributed by atoms with Crippen LogP contribution in [0.1, 0.15) is 24.5 Å². The Bertz CT molecular complexity index is 849. The zero-order valence-corrected chi connectivity index (χ0v) is 13.5. The molecule has 7 heteroatoms. The van der Waals surface area contributed by atoms with Crippen molar-refractivity contribution in [3.63, 3.8) is 0 Å². The fourth-order valence-electron chi connectivity index (χ4n) is 1.99. The Morgan fingerprint density at radius 2 is 2.14 bits per heavy atom. The standard InChI is InChI=1S/C14H11BrClN3O2/c1-2-3-9-12(16)18-14(21)19(13(9)20)11-5-4-8(7-17)6-10(11)15/h4-6H,2-3H2,1H3,(H,18,21). The number of aromatic nitrogens is 2. The van der Waals surface area contributed by atoms with Gasteiger partial charge in [-0.25, -0.2) is 9.36 Å². The monoisotopic (exact) mass is 367 g/mol. The van der Waals surface area contributed by atoms with Gasteiger partial charge in [0.1, 0.15) is 5.15 Å². The molecule has 1 aromatic heterocycles. The third kappa shape index (κ3) is 2.94. The van der Waals surface area contributed by atoms with Crippen molar-refractivity contribution in [1.29, 1.82) is 5.26 Å². The van der Waals surface area contributed by atoms with Gasteiger partial charge in [0.05, 0.1) is 22.9 Å². The Balaban J connectivity index is 2.76. The van der Waals surface area contributed by atoms with Crippen molar-refractivity contribution in [3.05, 3.63) is 59.8 Å². The van der Waals surface area contributed by atoms with Crippen molar-refractivity contribution in [2.75, 3.05) is 0 Å². The number of aromatic amines is 1. The predicted molar refractivity (Wildman–Crippen MR) is 84.1 cm³/mol. The van der Waals surface area contributed by atoms with Gasteiger partial charge in [-0.2, -0.15) is 5.26 Å². The van der Waals surface area contributed by atoms with Crippen LogP contribution in [-0.2, 0) is 6.42 Å². The first-order valence-electron chi connectivity index (χ1n) is 6.23. The third-order valence-corrected chi connectivity index (χ3v) is 3.92. The lowest BCUT2D eigenvalue weighted by atomic mass is 10.2. The lowest BCUT2D eigenvalue weighted by Crippen LogP contribution is -2.36. The number of rotatable bonds is 3. The molecule has 0 aliphatic heterocycles. The second kappa shape index (κ2) is 6.29. The zero-order valence-electron chi connectivity index (χ0n) is 11.1. The van der Waals surface area contributed by atoms with Crippen molar-refractivity contribution in [2.24, 2.45) is 0 Å². The second-order valence-electron chi connectivity index (χ2n) is 4.39. The molecule has 0 fully saturated rings. The summed E-state index contributed by atoms with van der Waals surface area (Å²) in [6, 6.07) is 6.63. The van der Waals surface area contributed by atoms with Gasteiger partial charge in [-0.05, 0) is 40.5 Å². The maximum Gasteiger partial charge on any atom is 0.334 e. The Kier molecular flexibility index (Phi) is 4.66. The number of benzene rings is 1. The van der Waals surface area contributed by atoms with E-state index in [0.717, 1.165) is 11.0 Å². The fourth-order valence-corrected chi connectivity index (χ4v) is 2.80. The van der Waals surface area contributed by atoms with Crippen LogP contribution in [0.2, 0.25) is 5.15 Å². The molecule has 1 heterocycles. The van der Waals surface area contributed by atoms with Gasteiger partial charge in [-0.1, -0.05) is 24.9 Å². The lowest BCUT2D eigenvalue weighted by molar-refractivity contribution is 0.810. The molecule has 0 radical (unpaired) electrons. The van der Waals surface area contributed by atoms with Crippen LogP contribution >= 0.6 is 27.5 Å². The number of nitriles is 1. The molecular weight excluding hydrogens is 358 g/mol. The molecule has 0 bridgehead atoms. The molecule has 0 saturated carbocycles. The third-order valence-electron chi connectivity index (χ3n) is 2.96. The van der Waals surface area contributed by atoms with Gasteiger partial charge in [0.15, 0.2) is 0 Å². The average molecular weight is 369 g/mol. The van der Waals surface area contributed by atoms with Crippen molar-refractivity contribution in [2.45, 2.75) is 19.8 Å². The highest BCUT2D eigenvalue weighted by molar-refractivity contribution is 9.10. The first-order valence-corrected chi connectivity index (χ1v) is 7.40. The SMILES string of the molecule is CCCc1c(Cl)[nH]c(=O)n(-c2ccc(C#N)cc2Br)c1=O. The smallest absolute Gasteiger partial charge is 0.297 e. The number of nitrogens with one attached hydrogen (secondary N) is 1. The van der Waals surface area contributed by atoms with Crippen LogP contribution < -0.4 is 11.2 Å². The van der Waals surface area contributed by atoms with Gasteiger partial charge >= 0.3 is 5.69 Å². The van der Waals surface area contributed by atoms with Crippen LogP contribution in [0.25, 0.3) is 5.69 Å². The minimum Gasteiger partial charge on any atom is -0.297 e. The molecule has 0 unspecified atom stereocenters. The van der Waals surface area contributed by atoms with E-state index in [9.17, 15) is 9.59 Å². The molecule has 0 amide bonds. The highest BCUT2D eigenvalue weighted by Gasteiger charge is 2.15. The summed E-state index contributed by atoms with van der Waals surface area (Å²) in [6.45, 7) is 1.92. The molecule has 0 spiro atoms. The number of halogens is 2. The van der Waals surface area contributed by atoms with Gasteiger partial charge in [0.2, 0.25) is 0 Å². The van der Waals surface area contributed by atoms with E-state index in [2.05, 4.69) is 20.9 Å². The second-order valence-corrected chi connectivity index (χ2v) is 5.62. The molecule has 21 heavy (non-hydrogen) atoms. The number of hydrogen-bond donors (Lipinski definition) is 1. The van der Waals surface area contributed by atoms with E-state index in [4.69, 9.17) is 16.9 Å². The van der Waals surface area contributed by atoms with Crippen molar-refractivity contribution in [1.82, 2.24) is 9.55 Å². The van der Waals surface area contributed by atoms with E-state index >= 15 is 0 Å². The summed E-state index contributed by atoms with van der Waals surface area (Å²) >= 11 is 9.22. The van der Waals surface area contributed by atoms with E-state index in [1.165, 1.54) is 0 Å². The van der Waals surface area contributed by atoms with Gasteiger partial charge in [-0.3, -0.25) is 9.78 Å². The van der Waals surface area contributed by atoms with Crippen LogP contribution in [0.3, 0.4) is 0 Å². The molecule has 0 atom stereocenters. The maximum absolute atomic E-state index is 12.5. The molecule has 0 saturated heterocycles. The molecular formula is C14H11BrClN3O2. The van der Waals surface area contributed by atoms with E-state index < -0.39 is 11.2 Å². The predicted octanol–water partition coefficient (Wildman–Crippen LogP) is 2.77. The summed E-state index contributed by atoms with van der Waals surface area (Å²) in [5.41, 5.74) is 0.105. The van der Waals surface area contributed by atoms with E-state index in [1.807, 2.05) is 13.0 Å². The minimum atomic E-state index is -0.615. The highest BCUT2D eigenvalue weighted by Crippen LogP contribution is 2.21. The van der Waals surface area contributed by atoms with Crippen molar-refractivity contribution in [3.8, 4) is 11.8 Å². The maximum atomic E-state index is 12.5. The molecule has 5 nitrogen and oxygen atoms in total. The first-order chi connectivity index (χ1) is 9.99. The summed E-state index contributed by atoms with van der Waals surface area (Å²) in [7, 11) is 0. The van der Waals surface area contributed by atoms with Crippen LogP contribution in [0.4, 0.5) is 0 Å². The van der Waals surface area contributed by atoms with Gasteiger partial charge in [0, 0.05) is 4.47 Å². The van der Waals surface area contributed by atoms with E-state index in [1.54, 1.807) is 18.2 Å². The van der Waals surface area contributed by atoms with Gasteiger partial charge in [0.25, 0.3) is 5.56 Å². The average Bonchev–Trinajstić information content (AvgIpc) is 2.44. The normalized spacial score (nSPS) is 10.4. The molecule has 0 aliphatic carbocycles. The number of nitrogens with zero attached hydrogens (tertiary/aromatic N) is 2. The van der Waals surface area contributed by atoms with Gasteiger partial charge < -0.3 is 0 Å². The topological polar surface area (TPSA) is 78.7 Å².